The molecule has 7 heteroatoms. The molecule has 0 aliphatic heterocycles. The molecular weight excluding hydrogens is 289 g/mol. The second kappa shape index (κ2) is 6.08. The van der Waals surface area contributed by atoms with Gasteiger partial charge in [0.15, 0.2) is 5.16 Å². The first-order valence-corrected chi connectivity index (χ1v) is 6.96. The molecule has 4 nitrogen and oxygen atoms in total. The van der Waals surface area contributed by atoms with Crippen LogP contribution in [-0.4, -0.2) is 23.3 Å². The van der Waals surface area contributed by atoms with Gasteiger partial charge in [0.05, 0.1) is 5.02 Å². The van der Waals surface area contributed by atoms with Gasteiger partial charge >= 0.3 is 0 Å². The Morgan fingerprint density at radius 1 is 1.32 bits per heavy atom. The van der Waals surface area contributed by atoms with Crippen LogP contribution < -0.4 is 10.1 Å². The molecule has 1 N–H and O–H groups in total. The highest BCUT2D eigenvalue weighted by atomic mass is 35.5. The molecule has 0 bridgehead atoms. The Hall–Kier alpha value is -1.53. The molecule has 0 aliphatic carbocycles. The van der Waals surface area contributed by atoms with Crippen molar-refractivity contribution in [2.75, 3.05) is 18.6 Å². The highest BCUT2D eigenvalue weighted by molar-refractivity contribution is 7.98. The van der Waals surface area contributed by atoms with Crippen LogP contribution >= 0.6 is 23.4 Å². The molecule has 1 heterocycles. The fraction of sp³-hybridized carbons (Fsp3) is 0.167. The molecule has 0 radical (unpaired) electrons. The Labute approximate surface area is 119 Å². The number of anilines is 1. The molecular formula is C12H11ClFN3OS. The van der Waals surface area contributed by atoms with Gasteiger partial charge in [0, 0.05) is 13.1 Å². The van der Waals surface area contributed by atoms with E-state index in [9.17, 15) is 4.39 Å². The lowest BCUT2D eigenvalue weighted by atomic mass is 10.3. The van der Waals surface area contributed by atoms with Crippen molar-refractivity contribution in [3.63, 3.8) is 0 Å². The first-order chi connectivity index (χ1) is 9.12. The summed E-state index contributed by atoms with van der Waals surface area (Å²) in [6, 6.07) is 5.56. The second-order valence-corrected chi connectivity index (χ2v) is 4.69. The van der Waals surface area contributed by atoms with Gasteiger partial charge in [0.25, 0.3) is 0 Å². The third-order valence-corrected chi connectivity index (χ3v) is 3.07. The summed E-state index contributed by atoms with van der Waals surface area (Å²) in [7, 11) is 1.75. The number of aromatic nitrogens is 2. The maximum Gasteiger partial charge on any atom is 0.225 e. The molecule has 2 rings (SSSR count). The molecule has 0 fully saturated rings. The Balaban J connectivity index is 2.31. The van der Waals surface area contributed by atoms with Crippen LogP contribution in [0, 0.1) is 5.82 Å². The number of ether oxygens (including phenoxy) is 1. The number of nitrogens with one attached hydrogen (secondary N) is 1. The molecule has 100 valence electrons. The van der Waals surface area contributed by atoms with E-state index in [4.69, 9.17) is 16.3 Å². The second-order valence-electron chi connectivity index (χ2n) is 3.50. The Kier molecular flexibility index (Phi) is 4.44. The zero-order valence-corrected chi connectivity index (χ0v) is 11.8. The van der Waals surface area contributed by atoms with Crippen molar-refractivity contribution in [3.8, 4) is 11.6 Å². The van der Waals surface area contributed by atoms with Gasteiger partial charge in [0.1, 0.15) is 17.4 Å². The van der Waals surface area contributed by atoms with Crippen LogP contribution in [0.1, 0.15) is 0 Å². The van der Waals surface area contributed by atoms with Gasteiger partial charge in [-0.2, -0.15) is 4.98 Å². The molecule has 19 heavy (non-hydrogen) atoms. The van der Waals surface area contributed by atoms with Crippen molar-refractivity contribution in [3.05, 3.63) is 35.1 Å². The summed E-state index contributed by atoms with van der Waals surface area (Å²) in [5.41, 5.74) is 0. The lowest BCUT2D eigenvalue weighted by molar-refractivity contribution is 0.455. The fourth-order valence-corrected chi connectivity index (χ4v) is 1.92. The summed E-state index contributed by atoms with van der Waals surface area (Å²) in [5, 5.41) is 3.67. The van der Waals surface area contributed by atoms with Gasteiger partial charge in [-0.1, -0.05) is 23.4 Å². The molecule has 0 amide bonds. The predicted octanol–water partition coefficient (Wildman–Crippen LogP) is 3.83. The van der Waals surface area contributed by atoms with E-state index in [1.165, 1.54) is 30.0 Å². The summed E-state index contributed by atoms with van der Waals surface area (Å²) in [6.45, 7) is 0. The van der Waals surface area contributed by atoms with Crippen LogP contribution in [0.5, 0.6) is 11.6 Å². The number of rotatable bonds is 4. The minimum Gasteiger partial charge on any atom is -0.437 e. The molecule has 0 spiro atoms. The monoisotopic (exact) mass is 299 g/mol. The quantitative estimate of drug-likeness (QED) is 0.687. The van der Waals surface area contributed by atoms with E-state index in [1.807, 2.05) is 6.26 Å². The maximum absolute atomic E-state index is 12.9. The Morgan fingerprint density at radius 3 is 2.74 bits per heavy atom. The number of hydrogen-bond acceptors (Lipinski definition) is 5. The highest BCUT2D eigenvalue weighted by Gasteiger charge is 2.08. The molecule has 1 aromatic heterocycles. The third kappa shape index (κ3) is 3.48. The number of benzene rings is 1. The standard InChI is InChI=1S/C12H11ClFN3OS/c1-15-10-6-11(17-12(16-10)19-2)18-9-4-3-7(14)5-8(9)13/h3-6H,1-2H3,(H,15,16,17). The molecule has 0 atom stereocenters. The van der Waals surface area contributed by atoms with E-state index in [-0.39, 0.29) is 5.02 Å². The minimum absolute atomic E-state index is 0.190. The van der Waals surface area contributed by atoms with Crippen molar-refractivity contribution in [2.24, 2.45) is 0 Å². The van der Waals surface area contributed by atoms with Crippen LogP contribution in [0.2, 0.25) is 5.02 Å². The molecule has 0 aliphatic rings. The van der Waals surface area contributed by atoms with Crippen molar-refractivity contribution in [1.29, 1.82) is 0 Å². The highest BCUT2D eigenvalue weighted by Crippen LogP contribution is 2.30. The van der Waals surface area contributed by atoms with E-state index >= 15 is 0 Å². The molecule has 0 saturated carbocycles. The molecule has 2 aromatic rings. The average molecular weight is 300 g/mol. The van der Waals surface area contributed by atoms with Crippen LogP contribution in [-0.2, 0) is 0 Å². The van der Waals surface area contributed by atoms with Crippen LogP contribution in [0.15, 0.2) is 29.4 Å². The number of thioether (sulfide) groups is 1. The number of nitrogens with zero attached hydrogens (tertiary/aromatic N) is 2. The SMILES string of the molecule is CNc1cc(Oc2ccc(F)cc2Cl)nc(SC)n1. The summed E-state index contributed by atoms with van der Waals surface area (Å²) < 4.78 is 18.5. The lowest BCUT2D eigenvalue weighted by Gasteiger charge is -2.09. The number of halogens is 2. The number of hydrogen-bond donors (Lipinski definition) is 1. The van der Waals surface area contributed by atoms with Crippen molar-refractivity contribution in [2.45, 2.75) is 5.16 Å². The van der Waals surface area contributed by atoms with Crippen LogP contribution in [0.3, 0.4) is 0 Å². The molecule has 0 unspecified atom stereocenters. The van der Waals surface area contributed by atoms with Crippen LogP contribution in [0.25, 0.3) is 0 Å². The van der Waals surface area contributed by atoms with E-state index < -0.39 is 5.82 Å². The van der Waals surface area contributed by atoms with E-state index in [2.05, 4.69) is 15.3 Å². The predicted molar refractivity (Wildman–Crippen MR) is 74.8 cm³/mol. The first kappa shape index (κ1) is 13.9. The fourth-order valence-electron chi connectivity index (χ4n) is 1.35. The van der Waals surface area contributed by atoms with Crippen molar-refractivity contribution in [1.82, 2.24) is 9.97 Å². The maximum atomic E-state index is 12.9. The molecule has 0 saturated heterocycles. The Morgan fingerprint density at radius 2 is 2.11 bits per heavy atom. The minimum atomic E-state index is -0.416. The largest absolute Gasteiger partial charge is 0.437 e. The van der Waals surface area contributed by atoms with Gasteiger partial charge in [-0.05, 0) is 24.5 Å². The van der Waals surface area contributed by atoms with E-state index in [0.717, 1.165) is 0 Å². The molecule has 1 aromatic carbocycles. The van der Waals surface area contributed by atoms with Gasteiger partial charge < -0.3 is 10.1 Å². The first-order valence-electron chi connectivity index (χ1n) is 5.36. The summed E-state index contributed by atoms with van der Waals surface area (Å²) >= 11 is 7.29. The van der Waals surface area contributed by atoms with Crippen molar-refractivity contribution < 1.29 is 9.13 Å². The van der Waals surface area contributed by atoms with Crippen molar-refractivity contribution >= 4 is 29.2 Å². The summed E-state index contributed by atoms with van der Waals surface area (Å²) in [6.07, 6.45) is 1.86. The third-order valence-electron chi connectivity index (χ3n) is 2.23. The van der Waals surface area contributed by atoms with Gasteiger partial charge in [-0.15, -0.1) is 0 Å². The summed E-state index contributed by atoms with van der Waals surface area (Å²) in [4.78, 5) is 8.41. The van der Waals surface area contributed by atoms with E-state index in [0.29, 0.717) is 22.6 Å². The van der Waals surface area contributed by atoms with Crippen LogP contribution in [0.4, 0.5) is 10.2 Å². The summed E-state index contributed by atoms with van der Waals surface area (Å²) in [5.74, 6) is 0.904. The topological polar surface area (TPSA) is 47.0 Å². The lowest BCUT2D eigenvalue weighted by Crippen LogP contribution is -1.98. The smallest absolute Gasteiger partial charge is 0.225 e. The Bertz CT molecular complexity index is 575. The average Bonchev–Trinajstić information content (AvgIpc) is 2.41. The zero-order valence-electron chi connectivity index (χ0n) is 10.3. The van der Waals surface area contributed by atoms with Gasteiger partial charge in [-0.3, -0.25) is 0 Å². The van der Waals surface area contributed by atoms with Gasteiger partial charge in [-0.25, -0.2) is 9.37 Å². The zero-order chi connectivity index (χ0) is 13.8. The normalized spacial score (nSPS) is 10.3. The van der Waals surface area contributed by atoms with E-state index in [1.54, 1.807) is 13.1 Å². The van der Waals surface area contributed by atoms with Gasteiger partial charge in [0.2, 0.25) is 5.88 Å².